The first-order valence-corrected chi connectivity index (χ1v) is 6.29. The number of aromatic hydroxyl groups is 1. The minimum absolute atomic E-state index is 0. The number of hydrogen-bond donors (Lipinski definition) is 1. The molecular formula is C18H17HoO-. The summed E-state index contributed by atoms with van der Waals surface area (Å²) in [6, 6.07) is 14.9. The van der Waals surface area contributed by atoms with E-state index >= 15 is 0 Å². The standard InChI is InChI=1S/C18H17O.Ho/c1-3-6-14-8-5-9-15(12-14)16-10-11-18(19)17(13-16)7-4-2;/h3-5,8,10-13,19H,1-2,6-7H2;/q-1;. The van der Waals surface area contributed by atoms with Crippen molar-refractivity contribution in [3.05, 3.63) is 78.9 Å². The Bertz CT molecular complexity index is 602. The summed E-state index contributed by atoms with van der Waals surface area (Å²) < 4.78 is 0. The molecule has 0 unspecified atom stereocenters. The molecule has 0 aromatic heterocycles. The van der Waals surface area contributed by atoms with Gasteiger partial charge in [-0.15, -0.1) is 48.6 Å². The molecule has 2 rings (SSSR count). The van der Waals surface area contributed by atoms with Crippen LogP contribution in [0.2, 0.25) is 0 Å². The van der Waals surface area contributed by atoms with Crippen molar-refractivity contribution in [1.29, 1.82) is 0 Å². The fourth-order valence-electron chi connectivity index (χ4n) is 2.05. The first-order valence-electron chi connectivity index (χ1n) is 6.29. The summed E-state index contributed by atoms with van der Waals surface area (Å²) in [5.41, 5.74) is 4.18. The monoisotopic (exact) mass is 414 g/mol. The van der Waals surface area contributed by atoms with Crippen LogP contribution in [-0.4, -0.2) is 5.11 Å². The van der Waals surface area contributed by atoms with Gasteiger partial charge in [-0.2, -0.15) is 0 Å². The number of phenols is 1. The first-order chi connectivity index (χ1) is 9.24. The van der Waals surface area contributed by atoms with Crippen LogP contribution >= 0.6 is 0 Å². The molecule has 2 aromatic rings. The zero-order valence-electron chi connectivity index (χ0n) is 11.2. The maximum Gasteiger partial charge on any atom is 0.117 e. The summed E-state index contributed by atoms with van der Waals surface area (Å²) in [5.74, 6) is 0.311. The molecule has 1 radical (unpaired) electrons. The molecule has 1 nitrogen and oxygen atoms in total. The Morgan fingerprint density at radius 1 is 1.05 bits per heavy atom. The first kappa shape index (κ1) is 17.0. The zero-order valence-corrected chi connectivity index (χ0v) is 13.1. The Morgan fingerprint density at radius 2 is 1.80 bits per heavy atom. The summed E-state index contributed by atoms with van der Waals surface area (Å²) in [6.45, 7) is 7.46. The maximum atomic E-state index is 9.78. The van der Waals surface area contributed by atoms with Gasteiger partial charge in [0, 0.05) is 37.7 Å². The molecule has 0 spiro atoms. The van der Waals surface area contributed by atoms with Crippen LogP contribution in [0, 0.1) is 43.8 Å². The molecule has 0 aliphatic heterocycles. The zero-order chi connectivity index (χ0) is 13.7. The third-order valence-corrected chi connectivity index (χ3v) is 3.00. The van der Waals surface area contributed by atoms with E-state index in [0.29, 0.717) is 12.2 Å². The van der Waals surface area contributed by atoms with E-state index in [1.807, 2.05) is 30.3 Å². The Labute approximate surface area is 150 Å². The van der Waals surface area contributed by atoms with Gasteiger partial charge >= 0.3 is 0 Å². The molecule has 20 heavy (non-hydrogen) atoms. The number of rotatable bonds is 5. The van der Waals surface area contributed by atoms with Gasteiger partial charge in [0.15, 0.2) is 0 Å². The van der Waals surface area contributed by atoms with E-state index in [0.717, 1.165) is 23.1 Å². The Hall–Kier alpha value is -1.02. The van der Waals surface area contributed by atoms with Crippen molar-refractivity contribution in [1.82, 2.24) is 0 Å². The molecule has 0 aliphatic carbocycles. The van der Waals surface area contributed by atoms with Gasteiger partial charge in [-0.05, 0) is 24.5 Å². The minimum Gasteiger partial charge on any atom is -0.508 e. The van der Waals surface area contributed by atoms with Crippen molar-refractivity contribution in [2.75, 3.05) is 0 Å². The molecule has 0 amide bonds. The quantitative estimate of drug-likeness (QED) is 0.439. The van der Waals surface area contributed by atoms with Crippen molar-refractivity contribution in [3.63, 3.8) is 0 Å². The summed E-state index contributed by atoms with van der Waals surface area (Å²) in [4.78, 5) is 0. The van der Waals surface area contributed by atoms with Gasteiger partial charge < -0.3 is 5.11 Å². The largest absolute Gasteiger partial charge is 0.508 e. The second kappa shape index (κ2) is 8.31. The van der Waals surface area contributed by atoms with E-state index in [9.17, 15) is 5.11 Å². The second-order valence-electron chi connectivity index (χ2n) is 4.44. The van der Waals surface area contributed by atoms with Crippen molar-refractivity contribution in [2.24, 2.45) is 0 Å². The van der Waals surface area contributed by atoms with Crippen LogP contribution in [0.5, 0.6) is 5.75 Å². The van der Waals surface area contributed by atoms with Crippen LogP contribution in [-0.2, 0) is 12.8 Å². The van der Waals surface area contributed by atoms with Crippen LogP contribution in [0.1, 0.15) is 11.1 Å². The molecule has 107 valence electrons. The van der Waals surface area contributed by atoms with Crippen LogP contribution in [0.3, 0.4) is 0 Å². The molecule has 0 bridgehead atoms. The van der Waals surface area contributed by atoms with Crippen molar-refractivity contribution in [3.8, 4) is 16.9 Å². The van der Waals surface area contributed by atoms with E-state index in [-0.39, 0.29) is 37.7 Å². The number of phenolic OH excluding ortho intramolecular Hbond substituents is 1. The number of allylic oxidation sites excluding steroid dienone is 2. The normalized spacial score (nSPS) is 9.60. The average Bonchev–Trinajstić information content (AvgIpc) is 2.42. The topological polar surface area (TPSA) is 20.2 Å². The van der Waals surface area contributed by atoms with E-state index in [4.69, 9.17) is 0 Å². The third-order valence-electron chi connectivity index (χ3n) is 3.00. The van der Waals surface area contributed by atoms with E-state index in [1.54, 1.807) is 12.1 Å². The van der Waals surface area contributed by atoms with Crippen LogP contribution in [0.4, 0.5) is 0 Å². The van der Waals surface area contributed by atoms with Gasteiger partial charge in [-0.1, -0.05) is 29.8 Å². The number of benzene rings is 2. The molecule has 2 heteroatoms. The number of hydrogen-bond acceptors (Lipinski definition) is 1. The molecule has 0 saturated heterocycles. The Balaban J connectivity index is 0.00000200. The van der Waals surface area contributed by atoms with Crippen LogP contribution in [0.15, 0.2) is 61.7 Å². The van der Waals surface area contributed by atoms with E-state index < -0.39 is 0 Å². The van der Waals surface area contributed by atoms with Crippen LogP contribution in [0.25, 0.3) is 11.1 Å². The molecular weight excluding hydrogens is 397 g/mol. The van der Waals surface area contributed by atoms with E-state index in [1.165, 1.54) is 5.56 Å². The molecule has 1 N–H and O–H groups in total. The van der Waals surface area contributed by atoms with Crippen molar-refractivity contribution in [2.45, 2.75) is 12.8 Å². The van der Waals surface area contributed by atoms with Crippen LogP contribution < -0.4 is 0 Å². The summed E-state index contributed by atoms with van der Waals surface area (Å²) >= 11 is 0. The average molecular weight is 414 g/mol. The van der Waals surface area contributed by atoms with Crippen molar-refractivity contribution < 1.29 is 42.8 Å². The third kappa shape index (κ3) is 4.24. The summed E-state index contributed by atoms with van der Waals surface area (Å²) in [7, 11) is 0. The fraction of sp³-hybridized carbons (Fsp3) is 0.111. The summed E-state index contributed by atoms with van der Waals surface area (Å²) in [5, 5.41) is 9.78. The van der Waals surface area contributed by atoms with Gasteiger partial charge in [0.2, 0.25) is 0 Å². The smallest absolute Gasteiger partial charge is 0.117 e. The molecule has 0 heterocycles. The molecule has 0 aliphatic rings. The van der Waals surface area contributed by atoms with Crippen molar-refractivity contribution >= 4 is 0 Å². The van der Waals surface area contributed by atoms with Gasteiger partial charge in [0.25, 0.3) is 0 Å². The molecule has 0 atom stereocenters. The van der Waals surface area contributed by atoms with Gasteiger partial charge in [0.1, 0.15) is 5.75 Å². The van der Waals surface area contributed by atoms with Gasteiger partial charge in [0.05, 0.1) is 0 Å². The van der Waals surface area contributed by atoms with Gasteiger partial charge in [-0.3, -0.25) is 0 Å². The minimum atomic E-state index is 0. The SMILES string of the molecule is C=CCc1cc[c-]c(-c2ccc(O)c(CC=C)c2)c1.[Ho]. The fourth-order valence-corrected chi connectivity index (χ4v) is 2.05. The predicted octanol–water partition coefficient (Wildman–Crippen LogP) is 4.32. The molecule has 0 saturated carbocycles. The predicted molar refractivity (Wildman–Crippen MR) is 80.2 cm³/mol. The molecule has 2 aromatic carbocycles. The Morgan fingerprint density at radius 3 is 2.50 bits per heavy atom. The Kier molecular flexibility index (Phi) is 7.07. The van der Waals surface area contributed by atoms with E-state index in [2.05, 4.69) is 25.3 Å². The van der Waals surface area contributed by atoms with Gasteiger partial charge in [-0.25, -0.2) is 0 Å². The summed E-state index contributed by atoms with van der Waals surface area (Å²) in [6.07, 6.45) is 5.18. The maximum absolute atomic E-state index is 9.78. The second-order valence-corrected chi connectivity index (χ2v) is 4.44. The molecule has 0 fully saturated rings.